The molecule has 0 atom stereocenters. The minimum Gasteiger partial charge on any atom is -0.354 e. The second-order valence-corrected chi connectivity index (χ2v) is 4.59. The van der Waals surface area contributed by atoms with E-state index in [4.69, 9.17) is 5.73 Å². The number of nitrogens with two attached hydrogens (primary N) is 1. The molecule has 106 valence electrons. The Hall–Kier alpha value is -1.96. The van der Waals surface area contributed by atoms with Crippen molar-refractivity contribution in [2.45, 2.75) is 26.9 Å². The number of nitrogens with zero attached hydrogens (tertiary/aromatic N) is 3. The normalized spacial score (nSPS) is 10.5. The number of rotatable bonds is 7. The number of carbonyl (C=O) groups excluding carboxylic acids is 2. The quantitative estimate of drug-likeness (QED) is 0.564. The monoisotopic (exact) mass is 268 g/mol. The Morgan fingerprint density at radius 3 is 2.68 bits per heavy atom. The summed E-state index contributed by atoms with van der Waals surface area (Å²) in [5.74, 6) is -0.124. The molecule has 8 nitrogen and oxygen atoms in total. The van der Waals surface area contributed by atoms with Gasteiger partial charge in [0, 0.05) is 13.1 Å². The van der Waals surface area contributed by atoms with Crippen LogP contribution in [0, 0.1) is 5.92 Å². The molecule has 0 saturated carbocycles. The molecule has 1 heterocycles. The summed E-state index contributed by atoms with van der Waals surface area (Å²) in [6.07, 6.45) is 1.60. The molecular weight excluding hydrogens is 248 g/mol. The van der Waals surface area contributed by atoms with Gasteiger partial charge in [0.15, 0.2) is 0 Å². The van der Waals surface area contributed by atoms with Gasteiger partial charge in [-0.3, -0.25) is 9.59 Å². The van der Waals surface area contributed by atoms with E-state index in [1.54, 1.807) is 6.20 Å². The van der Waals surface area contributed by atoms with E-state index in [-0.39, 0.29) is 31.4 Å². The molecule has 1 aromatic heterocycles. The van der Waals surface area contributed by atoms with E-state index >= 15 is 0 Å². The molecule has 19 heavy (non-hydrogen) atoms. The van der Waals surface area contributed by atoms with Crippen LogP contribution in [0.15, 0.2) is 6.20 Å². The van der Waals surface area contributed by atoms with Crippen LogP contribution in [0.2, 0.25) is 0 Å². The first-order chi connectivity index (χ1) is 9.01. The molecule has 0 fully saturated rings. The van der Waals surface area contributed by atoms with E-state index in [1.165, 1.54) is 4.68 Å². The highest BCUT2D eigenvalue weighted by Crippen LogP contribution is 1.90. The van der Waals surface area contributed by atoms with Crippen molar-refractivity contribution in [2.24, 2.45) is 11.7 Å². The second-order valence-electron chi connectivity index (χ2n) is 4.59. The van der Waals surface area contributed by atoms with Gasteiger partial charge in [-0.2, -0.15) is 0 Å². The Kier molecular flexibility index (Phi) is 5.94. The molecule has 0 saturated heterocycles. The number of aromatic nitrogens is 3. The zero-order valence-electron chi connectivity index (χ0n) is 11.2. The predicted molar refractivity (Wildman–Crippen MR) is 68.8 cm³/mol. The van der Waals surface area contributed by atoms with E-state index in [1.807, 2.05) is 13.8 Å². The lowest BCUT2D eigenvalue weighted by atomic mass is 10.2. The standard InChI is InChI=1S/C11H20N6O2/c1-8(2)4-13-10(18)5-14-11(19)7-17-6-9(3-12)15-16-17/h6,8H,3-5,7,12H2,1-2H3,(H,13,18)(H,14,19). The maximum atomic E-state index is 11.5. The predicted octanol–water partition coefficient (Wildman–Crippen LogP) is -1.37. The van der Waals surface area contributed by atoms with Gasteiger partial charge in [-0.05, 0) is 5.92 Å². The molecule has 0 spiro atoms. The lowest BCUT2D eigenvalue weighted by Crippen LogP contribution is -2.39. The molecule has 0 unspecified atom stereocenters. The lowest BCUT2D eigenvalue weighted by molar-refractivity contribution is -0.126. The smallest absolute Gasteiger partial charge is 0.242 e. The molecule has 0 aromatic carbocycles. The molecule has 0 aliphatic rings. The first kappa shape index (κ1) is 15.1. The van der Waals surface area contributed by atoms with Crippen LogP contribution in [0.4, 0.5) is 0 Å². The van der Waals surface area contributed by atoms with Gasteiger partial charge in [0.2, 0.25) is 11.8 Å². The highest BCUT2D eigenvalue weighted by Gasteiger charge is 2.08. The Morgan fingerprint density at radius 2 is 2.11 bits per heavy atom. The molecule has 0 radical (unpaired) electrons. The van der Waals surface area contributed by atoms with E-state index in [2.05, 4.69) is 20.9 Å². The summed E-state index contributed by atoms with van der Waals surface area (Å²) in [5.41, 5.74) is 5.99. The summed E-state index contributed by atoms with van der Waals surface area (Å²) in [7, 11) is 0. The Labute approximate surface area is 111 Å². The van der Waals surface area contributed by atoms with Crippen molar-refractivity contribution in [3.8, 4) is 0 Å². The third-order valence-electron chi connectivity index (χ3n) is 2.25. The van der Waals surface area contributed by atoms with E-state index in [0.29, 0.717) is 18.2 Å². The first-order valence-corrected chi connectivity index (χ1v) is 6.13. The van der Waals surface area contributed by atoms with Crippen LogP contribution in [-0.4, -0.2) is 39.9 Å². The largest absolute Gasteiger partial charge is 0.354 e. The van der Waals surface area contributed by atoms with Crippen LogP contribution >= 0.6 is 0 Å². The fourth-order valence-corrected chi connectivity index (χ4v) is 1.27. The zero-order valence-corrected chi connectivity index (χ0v) is 11.2. The molecule has 4 N–H and O–H groups in total. The number of amides is 2. The third-order valence-corrected chi connectivity index (χ3v) is 2.25. The maximum Gasteiger partial charge on any atom is 0.242 e. The van der Waals surface area contributed by atoms with E-state index in [9.17, 15) is 9.59 Å². The van der Waals surface area contributed by atoms with Crippen molar-refractivity contribution in [1.29, 1.82) is 0 Å². The van der Waals surface area contributed by atoms with Crippen molar-refractivity contribution in [2.75, 3.05) is 13.1 Å². The van der Waals surface area contributed by atoms with Crippen molar-refractivity contribution in [1.82, 2.24) is 25.6 Å². The van der Waals surface area contributed by atoms with Gasteiger partial charge < -0.3 is 16.4 Å². The summed E-state index contributed by atoms with van der Waals surface area (Å²) in [6.45, 7) is 4.85. The Bertz CT molecular complexity index is 429. The number of carbonyl (C=O) groups is 2. The topological polar surface area (TPSA) is 115 Å². The van der Waals surface area contributed by atoms with Gasteiger partial charge in [0.05, 0.1) is 18.4 Å². The van der Waals surface area contributed by atoms with Crippen molar-refractivity contribution in [3.05, 3.63) is 11.9 Å². The van der Waals surface area contributed by atoms with Crippen LogP contribution < -0.4 is 16.4 Å². The molecule has 0 bridgehead atoms. The van der Waals surface area contributed by atoms with Gasteiger partial charge in [-0.1, -0.05) is 19.1 Å². The molecule has 1 aromatic rings. The maximum absolute atomic E-state index is 11.5. The van der Waals surface area contributed by atoms with Gasteiger partial charge >= 0.3 is 0 Å². The third kappa shape index (κ3) is 5.96. The lowest BCUT2D eigenvalue weighted by Gasteiger charge is -2.08. The number of hydrogen-bond donors (Lipinski definition) is 3. The van der Waals surface area contributed by atoms with Crippen LogP contribution in [-0.2, 0) is 22.7 Å². The molecule has 8 heteroatoms. The summed E-state index contributed by atoms with van der Waals surface area (Å²) in [5, 5.41) is 12.7. The Morgan fingerprint density at radius 1 is 1.37 bits per heavy atom. The second kappa shape index (κ2) is 7.47. The van der Waals surface area contributed by atoms with Crippen LogP contribution in [0.3, 0.4) is 0 Å². The fourth-order valence-electron chi connectivity index (χ4n) is 1.27. The van der Waals surface area contributed by atoms with Crippen molar-refractivity contribution in [3.63, 3.8) is 0 Å². The van der Waals surface area contributed by atoms with Crippen molar-refractivity contribution < 1.29 is 9.59 Å². The van der Waals surface area contributed by atoms with Crippen LogP contribution in [0.1, 0.15) is 19.5 Å². The van der Waals surface area contributed by atoms with E-state index < -0.39 is 0 Å². The molecule has 1 rings (SSSR count). The zero-order chi connectivity index (χ0) is 14.3. The average Bonchev–Trinajstić information content (AvgIpc) is 2.81. The number of nitrogens with one attached hydrogen (secondary N) is 2. The van der Waals surface area contributed by atoms with E-state index in [0.717, 1.165) is 0 Å². The van der Waals surface area contributed by atoms with Crippen molar-refractivity contribution >= 4 is 11.8 Å². The SMILES string of the molecule is CC(C)CNC(=O)CNC(=O)Cn1cc(CN)nn1. The molecule has 0 aliphatic carbocycles. The summed E-state index contributed by atoms with van der Waals surface area (Å²) >= 11 is 0. The fraction of sp³-hybridized carbons (Fsp3) is 0.636. The first-order valence-electron chi connectivity index (χ1n) is 6.13. The van der Waals surface area contributed by atoms with Gasteiger partial charge in [-0.25, -0.2) is 4.68 Å². The van der Waals surface area contributed by atoms with Gasteiger partial charge in [0.1, 0.15) is 6.54 Å². The molecule has 0 aliphatic heterocycles. The van der Waals surface area contributed by atoms with Crippen LogP contribution in [0.25, 0.3) is 0 Å². The minimum atomic E-state index is -0.298. The average molecular weight is 268 g/mol. The van der Waals surface area contributed by atoms with Gasteiger partial charge in [0.25, 0.3) is 0 Å². The van der Waals surface area contributed by atoms with Crippen LogP contribution in [0.5, 0.6) is 0 Å². The molecule has 2 amide bonds. The highest BCUT2D eigenvalue weighted by atomic mass is 16.2. The summed E-state index contributed by atoms with van der Waals surface area (Å²) in [6, 6.07) is 0. The summed E-state index contributed by atoms with van der Waals surface area (Å²) in [4.78, 5) is 22.9. The van der Waals surface area contributed by atoms with Gasteiger partial charge in [-0.15, -0.1) is 5.10 Å². The minimum absolute atomic E-state index is 0.0183. The molecular formula is C11H20N6O2. The highest BCUT2D eigenvalue weighted by molar-refractivity contribution is 5.84. The Balaban J connectivity index is 2.25. The summed E-state index contributed by atoms with van der Waals surface area (Å²) < 4.78 is 1.38. The number of hydrogen-bond acceptors (Lipinski definition) is 5.